The lowest BCUT2D eigenvalue weighted by molar-refractivity contribution is -1.06. The number of hydrogen-bond acceptors (Lipinski definition) is 1. The second-order valence-electron chi connectivity index (χ2n) is 3.08. The highest BCUT2D eigenvalue weighted by Crippen LogP contribution is 1.95. The van der Waals surface area contributed by atoms with E-state index < -0.39 is 0 Å². The van der Waals surface area contributed by atoms with E-state index >= 15 is 0 Å². The highest BCUT2D eigenvalue weighted by Gasteiger charge is 2.05. The lowest BCUT2D eigenvalue weighted by Gasteiger charge is -2.20. The van der Waals surface area contributed by atoms with Crippen LogP contribution in [0.3, 0.4) is 0 Å². The fourth-order valence-corrected chi connectivity index (χ4v) is 0.483. The van der Waals surface area contributed by atoms with Crippen molar-refractivity contribution in [2.45, 2.75) is 19.8 Å². The van der Waals surface area contributed by atoms with Crippen molar-refractivity contribution in [3.63, 3.8) is 0 Å². The first-order chi connectivity index (χ1) is 4.06. The predicted octanol–water partition coefficient (Wildman–Crippen LogP) is 1.42. The highest BCUT2D eigenvalue weighted by molar-refractivity contribution is 4.25. The van der Waals surface area contributed by atoms with Gasteiger partial charge < -0.3 is 0 Å². The summed E-state index contributed by atoms with van der Waals surface area (Å²) >= 11 is 0. The maximum absolute atomic E-state index is 5.41. The lowest BCUT2D eigenvalue weighted by Crippen LogP contribution is -2.34. The second kappa shape index (κ2) is 3.85. The largest absolute Gasteiger partial charge is 0.204 e. The number of nitrogens with zero attached hydrogens (tertiary/aromatic N) is 1. The van der Waals surface area contributed by atoms with Gasteiger partial charge in [0.15, 0.2) is 0 Å². The Kier molecular flexibility index (Phi) is 3.82. The van der Waals surface area contributed by atoms with Crippen molar-refractivity contribution in [2.24, 2.45) is 0 Å². The van der Waals surface area contributed by atoms with Crippen molar-refractivity contribution in [3.8, 4) is 0 Å². The Morgan fingerprint density at radius 3 is 2.11 bits per heavy atom. The third kappa shape index (κ3) is 7.92. The lowest BCUT2D eigenvalue weighted by atomic mass is 10.4. The molecule has 9 heavy (non-hydrogen) atoms. The van der Waals surface area contributed by atoms with Gasteiger partial charge in [-0.15, -0.1) is 0 Å². The topological polar surface area (TPSA) is 9.23 Å². The van der Waals surface area contributed by atoms with E-state index in [1.165, 1.54) is 6.42 Å². The molecule has 0 aliphatic carbocycles. The van der Waals surface area contributed by atoms with E-state index in [-0.39, 0.29) is 0 Å². The summed E-state index contributed by atoms with van der Waals surface area (Å²) in [5, 5.41) is 0. The van der Waals surface area contributed by atoms with Gasteiger partial charge in [0.25, 0.3) is 0 Å². The van der Waals surface area contributed by atoms with Gasteiger partial charge in [-0.2, -0.15) is 4.65 Å². The van der Waals surface area contributed by atoms with Crippen LogP contribution in [0, 0.1) is 0 Å². The third-order valence-corrected chi connectivity index (χ3v) is 0.976. The normalized spacial score (nSPS) is 12.0. The molecule has 56 valence electrons. The monoisotopic (exact) mass is 132 g/mol. The van der Waals surface area contributed by atoms with Crippen molar-refractivity contribution in [3.05, 3.63) is 0 Å². The molecule has 0 aliphatic rings. The Labute approximate surface area is 58.0 Å². The number of hydroxylamine groups is 3. The average molecular weight is 132 g/mol. The Morgan fingerprint density at radius 1 is 1.22 bits per heavy atom. The van der Waals surface area contributed by atoms with E-state index in [0.29, 0.717) is 4.65 Å². The molecule has 0 fully saturated rings. The minimum absolute atomic E-state index is 0.611. The Hall–Kier alpha value is -0.0800. The van der Waals surface area contributed by atoms with E-state index in [4.69, 9.17) is 4.84 Å². The SMILES string of the molecule is CCCCO[N+](C)(C)C. The standard InChI is InChI=1S/C7H18NO/c1-5-6-7-9-8(2,3)4/h5-7H2,1-4H3/q+1. The third-order valence-electron chi connectivity index (χ3n) is 0.976. The Bertz CT molecular complexity index is 65.8. The molecule has 0 atom stereocenters. The number of hydrogen-bond donors (Lipinski definition) is 0. The summed E-state index contributed by atoms with van der Waals surface area (Å²) in [6.07, 6.45) is 2.37. The van der Waals surface area contributed by atoms with E-state index in [1.54, 1.807) is 0 Å². The van der Waals surface area contributed by atoms with Crippen LogP contribution < -0.4 is 0 Å². The quantitative estimate of drug-likeness (QED) is 0.319. The van der Waals surface area contributed by atoms with Crippen LogP contribution in [0.1, 0.15) is 19.8 Å². The van der Waals surface area contributed by atoms with Gasteiger partial charge >= 0.3 is 0 Å². The number of unbranched alkanes of at least 4 members (excludes halogenated alkanes) is 1. The number of rotatable bonds is 4. The van der Waals surface area contributed by atoms with Gasteiger partial charge in [-0.25, -0.2) is 4.84 Å². The van der Waals surface area contributed by atoms with Crippen LogP contribution in [0.4, 0.5) is 0 Å². The van der Waals surface area contributed by atoms with Crippen molar-refractivity contribution < 1.29 is 9.48 Å². The maximum Gasteiger partial charge on any atom is 0.106 e. The highest BCUT2D eigenvalue weighted by atomic mass is 16.7. The van der Waals surface area contributed by atoms with Gasteiger partial charge in [0.05, 0.1) is 21.1 Å². The van der Waals surface area contributed by atoms with Crippen LogP contribution in [-0.4, -0.2) is 32.4 Å². The van der Waals surface area contributed by atoms with Gasteiger partial charge in [0.2, 0.25) is 0 Å². The van der Waals surface area contributed by atoms with E-state index in [0.717, 1.165) is 13.0 Å². The molecule has 0 spiro atoms. The second-order valence-corrected chi connectivity index (χ2v) is 3.08. The van der Waals surface area contributed by atoms with E-state index in [1.807, 2.05) is 21.1 Å². The van der Waals surface area contributed by atoms with Crippen LogP contribution in [0.25, 0.3) is 0 Å². The number of quaternary nitrogens is 1. The molecule has 2 nitrogen and oxygen atoms in total. The smallest absolute Gasteiger partial charge is 0.106 e. The van der Waals surface area contributed by atoms with Crippen molar-refractivity contribution >= 4 is 0 Å². The fraction of sp³-hybridized carbons (Fsp3) is 1.00. The first kappa shape index (κ1) is 8.92. The molecule has 0 heterocycles. The van der Waals surface area contributed by atoms with Crippen molar-refractivity contribution in [1.82, 2.24) is 0 Å². The molecule has 0 saturated carbocycles. The van der Waals surface area contributed by atoms with Gasteiger partial charge in [-0.05, 0) is 6.42 Å². The molecule has 0 aromatic heterocycles. The summed E-state index contributed by atoms with van der Waals surface area (Å²) in [4.78, 5) is 5.41. The zero-order chi connectivity index (χ0) is 7.33. The summed E-state index contributed by atoms with van der Waals surface area (Å²) in [5.74, 6) is 0. The molecule has 0 aliphatic heterocycles. The molecule has 0 bridgehead atoms. The van der Waals surface area contributed by atoms with Crippen LogP contribution in [0.5, 0.6) is 0 Å². The molecule has 0 N–H and O–H groups in total. The summed E-state index contributed by atoms with van der Waals surface area (Å²) in [6, 6.07) is 0. The molecular formula is C7H18NO+. The summed E-state index contributed by atoms with van der Waals surface area (Å²) in [5.41, 5.74) is 0. The van der Waals surface area contributed by atoms with Crippen molar-refractivity contribution in [2.75, 3.05) is 27.7 Å². The van der Waals surface area contributed by atoms with Gasteiger partial charge in [0, 0.05) is 0 Å². The van der Waals surface area contributed by atoms with Crippen LogP contribution >= 0.6 is 0 Å². The molecule has 0 rings (SSSR count). The van der Waals surface area contributed by atoms with Gasteiger partial charge in [-0.1, -0.05) is 13.3 Å². The van der Waals surface area contributed by atoms with Crippen LogP contribution in [0.2, 0.25) is 0 Å². The first-order valence-electron chi connectivity index (χ1n) is 3.52. The molecule has 0 amide bonds. The Morgan fingerprint density at radius 2 is 1.78 bits per heavy atom. The van der Waals surface area contributed by atoms with E-state index in [9.17, 15) is 0 Å². The molecule has 0 saturated heterocycles. The summed E-state index contributed by atoms with van der Waals surface area (Å²) in [6.45, 7) is 3.04. The van der Waals surface area contributed by atoms with Gasteiger partial charge in [0.1, 0.15) is 6.61 Å². The Balaban J connectivity index is 3.07. The first-order valence-corrected chi connectivity index (χ1v) is 3.52. The minimum Gasteiger partial charge on any atom is -0.204 e. The zero-order valence-corrected chi connectivity index (χ0v) is 6.98. The fourth-order valence-electron chi connectivity index (χ4n) is 0.483. The molecule has 0 unspecified atom stereocenters. The van der Waals surface area contributed by atoms with Crippen LogP contribution in [-0.2, 0) is 4.84 Å². The molecule has 0 aromatic carbocycles. The summed E-state index contributed by atoms with van der Waals surface area (Å²) in [7, 11) is 6.07. The molecular weight excluding hydrogens is 114 g/mol. The predicted molar refractivity (Wildman–Crippen MR) is 38.9 cm³/mol. The summed E-state index contributed by atoms with van der Waals surface area (Å²) < 4.78 is 0.611. The molecule has 2 heteroatoms. The van der Waals surface area contributed by atoms with Crippen LogP contribution in [0.15, 0.2) is 0 Å². The zero-order valence-electron chi connectivity index (χ0n) is 6.98. The molecule has 0 aromatic rings. The molecule has 0 radical (unpaired) electrons. The van der Waals surface area contributed by atoms with Crippen molar-refractivity contribution in [1.29, 1.82) is 0 Å². The maximum atomic E-state index is 5.41. The average Bonchev–Trinajstić information content (AvgIpc) is 1.63. The van der Waals surface area contributed by atoms with E-state index in [2.05, 4.69) is 6.92 Å². The minimum atomic E-state index is 0.611. The van der Waals surface area contributed by atoms with Gasteiger partial charge in [-0.3, -0.25) is 0 Å².